The van der Waals surface area contributed by atoms with Gasteiger partial charge in [-0.2, -0.15) is 0 Å². The number of hydrogen-bond donors (Lipinski definition) is 0. The highest BCUT2D eigenvalue weighted by Gasteiger charge is 2.37. The van der Waals surface area contributed by atoms with Crippen molar-refractivity contribution in [3.63, 3.8) is 0 Å². The summed E-state index contributed by atoms with van der Waals surface area (Å²) in [6, 6.07) is 67.3. The van der Waals surface area contributed by atoms with Crippen LogP contribution in [0.25, 0.3) is 99.9 Å². The second-order valence-corrected chi connectivity index (χ2v) is 15.6. The van der Waals surface area contributed by atoms with Crippen molar-refractivity contribution in [2.24, 2.45) is 0 Å². The molecule has 0 saturated carbocycles. The Morgan fingerprint density at radius 2 is 0.877 bits per heavy atom. The second-order valence-electron chi connectivity index (χ2n) is 15.6. The molecule has 0 unspecified atom stereocenters. The Bertz CT molecular complexity index is 3200. The first-order valence-corrected chi connectivity index (χ1v) is 19.6. The van der Waals surface area contributed by atoms with Gasteiger partial charge in [-0.1, -0.05) is 196 Å². The Labute approximate surface area is 332 Å². The van der Waals surface area contributed by atoms with E-state index in [-0.39, 0.29) is 5.41 Å². The van der Waals surface area contributed by atoms with E-state index in [0.29, 0.717) is 17.5 Å². The van der Waals surface area contributed by atoms with Crippen LogP contribution in [0.15, 0.2) is 188 Å². The molecule has 11 rings (SSSR count). The fourth-order valence-electron chi connectivity index (χ4n) is 9.25. The Balaban J connectivity index is 1.09. The van der Waals surface area contributed by atoms with E-state index in [4.69, 9.17) is 15.0 Å². The number of nitrogens with zero attached hydrogens (tertiary/aromatic N) is 3. The summed E-state index contributed by atoms with van der Waals surface area (Å²) in [5.74, 6) is 1.93. The van der Waals surface area contributed by atoms with Crippen LogP contribution in [-0.2, 0) is 5.41 Å². The Morgan fingerprint density at radius 3 is 1.65 bits per heavy atom. The molecule has 1 aliphatic rings. The predicted molar refractivity (Wildman–Crippen MR) is 237 cm³/mol. The first-order chi connectivity index (χ1) is 28.0. The van der Waals surface area contributed by atoms with Crippen LogP contribution in [0, 0.1) is 0 Å². The van der Waals surface area contributed by atoms with Gasteiger partial charge >= 0.3 is 0 Å². The Morgan fingerprint density at radius 1 is 0.351 bits per heavy atom. The minimum atomic E-state index is -0.168. The van der Waals surface area contributed by atoms with Crippen LogP contribution in [-0.4, -0.2) is 15.0 Å². The van der Waals surface area contributed by atoms with Gasteiger partial charge in [-0.05, 0) is 82.9 Å². The highest BCUT2D eigenvalue weighted by atomic mass is 15.0. The normalized spacial score (nSPS) is 12.9. The second kappa shape index (κ2) is 12.9. The lowest BCUT2D eigenvalue weighted by Crippen LogP contribution is -2.16. The van der Waals surface area contributed by atoms with Crippen molar-refractivity contribution in [1.82, 2.24) is 15.0 Å². The minimum Gasteiger partial charge on any atom is -0.208 e. The maximum absolute atomic E-state index is 5.28. The van der Waals surface area contributed by atoms with Gasteiger partial charge in [0.1, 0.15) is 0 Å². The smallest absolute Gasteiger partial charge is 0.164 e. The minimum absolute atomic E-state index is 0.168. The molecular weight excluding hydrogens is 691 g/mol. The predicted octanol–water partition coefficient (Wildman–Crippen LogP) is 14.0. The summed E-state index contributed by atoms with van der Waals surface area (Å²) in [6.45, 7) is 4.68. The highest BCUT2D eigenvalue weighted by Crippen LogP contribution is 2.53. The van der Waals surface area contributed by atoms with Gasteiger partial charge < -0.3 is 0 Å². The highest BCUT2D eigenvalue weighted by molar-refractivity contribution is 6.22. The molecule has 0 fully saturated rings. The van der Waals surface area contributed by atoms with Crippen LogP contribution in [0.5, 0.6) is 0 Å². The van der Waals surface area contributed by atoms with Gasteiger partial charge in [-0.25, -0.2) is 15.0 Å². The van der Waals surface area contributed by atoms with Crippen molar-refractivity contribution in [1.29, 1.82) is 0 Å². The molecule has 0 radical (unpaired) electrons. The molecule has 0 aliphatic heterocycles. The molecule has 1 heterocycles. The van der Waals surface area contributed by atoms with E-state index in [9.17, 15) is 0 Å². The average molecular weight is 728 g/mol. The molecule has 3 nitrogen and oxygen atoms in total. The van der Waals surface area contributed by atoms with Crippen molar-refractivity contribution < 1.29 is 0 Å². The zero-order chi connectivity index (χ0) is 38.1. The van der Waals surface area contributed by atoms with Crippen LogP contribution < -0.4 is 0 Å². The van der Waals surface area contributed by atoms with Gasteiger partial charge in [0.25, 0.3) is 0 Å². The zero-order valence-electron chi connectivity index (χ0n) is 31.7. The van der Waals surface area contributed by atoms with Gasteiger partial charge in [0.05, 0.1) is 0 Å². The summed E-state index contributed by atoms with van der Waals surface area (Å²) in [5, 5.41) is 7.45. The largest absolute Gasteiger partial charge is 0.208 e. The molecule has 1 aliphatic carbocycles. The number of benzene rings is 9. The van der Waals surface area contributed by atoms with E-state index < -0.39 is 0 Å². The molecule has 57 heavy (non-hydrogen) atoms. The van der Waals surface area contributed by atoms with Crippen LogP contribution in [0.3, 0.4) is 0 Å². The molecule has 0 saturated heterocycles. The SMILES string of the molecule is CC1(C)c2ccccc2-c2cccc(-c3ccccc3-c3nc(-c4ccccc4)nc(-c4ccc(-c5c6ccccc6cc6ccc7ccccc7c56)cc4)n3)c21. The van der Waals surface area contributed by atoms with E-state index >= 15 is 0 Å². The molecule has 0 spiro atoms. The van der Waals surface area contributed by atoms with Crippen molar-refractivity contribution in [2.75, 3.05) is 0 Å². The molecule has 10 aromatic rings. The van der Waals surface area contributed by atoms with Gasteiger partial charge in [0, 0.05) is 22.1 Å². The standard InChI is InChI=1S/C54H37N3/c1-54(2)47-26-13-12-22-43(47)45-25-14-24-44(50(45)54)42-21-10-11-23-46(42)53-56-51(36-16-4-3-5-17-36)55-52(57-53)37-30-28-35(29-31-37)48-41-20-9-7-18-38(41)33-39-32-27-34-15-6-8-19-40(34)49(39)48/h3-33H,1-2H3. The van der Waals surface area contributed by atoms with Crippen molar-refractivity contribution in [3.8, 4) is 67.5 Å². The molecule has 9 aromatic carbocycles. The van der Waals surface area contributed by atoms with Gasteiger partial charge in [0.2, 0.25) is 0 Å². The van der Waals surface area contributed by atoms with Gasteiger partial charge in [-0.15, -0.1) is 0 Å². The van der Waals surface area contributed by atoms with Crippen molar-refractivity contribution in [2.45, 2.75) is 19.3 Å². The third-order valence-corrected chi connectivity index (χ3v) is 11.9. The Kier molecular flexibility index (Phi) is 7.52. The van der Waals surface area contributed by atoms with E-state index in [1.807, 2.05) is 18.2 Å². The molecule has 268 valence electrons. The van der Waals surface area contributed by atoms with E-state index in [2.05, 4.69) is 184 Å². The molecule has 0 atom stereocenters. The average Bonchev–Trinajstić information content (AvgIpc) is 3.51. The van der Waals surface area contributed by atoms with Crippen LogP contribution in [0.1, 0.15) is 25.0 Å². The topological polar surface area (TPSA) is 38.7 Å². The molecule has 0 amide bonds. The number of hydrogen-bond acceptors (Lipinski definition) is 3. The zero-order valence-corrected chi connectivity index (χ0v) is 31.7. The lowest BCUT2D eigenvalue weighted by Gasteiger charge is -2.25. The summed E-state index contributed by atoms with van der Waals surface area (Å²) in [5.41, 5.74) is 12.7. The van der Waals surface area contributed by atoms with Crippen LogP contribution in [0.2, 0.25) is 0 Å². The number of fused-ring (bicyclic) bond motifs is 7. The number of aromatic nitrogens is 3. The van der Waals surface area contributed by atoms with E-state index in [1.165, 1.54) is 65.7 Å². The lowest BCUT2D eigenvalue weighted by molar-refractivity contribution is 0.662. The van der Waals surface area contributed by atoms with Crippen LogP contribution in [0.4, 0.5) is 0 Å². The molecule has 0 N–H and O–H groups in total. The van der Waals surface area contributed by atoms with Crippen molar-refractivity contribution >= 4 is 32.3 Å². The fraction of sp³-hybridized carbons (Fsp3) is 0.0556. The van der Waals surface area contributed by atoms with Gasteiger partial charge in [0.15, 0.2) is 17.5 Å². The summed E-state index contributed by atoms with van der Waals surface area (Å²) >= 11 is 0. The molecule has 3 heteroatoms. The number of rotatable bonds is 5. The van der Waals surface area contributed by atoms with Crippen molar-refractivity contribution in [3.05, 3.63) is 199 Å². The summed E-state index contributed by atoms with van der Waals surface area (Å²) in [4.78, 5) is 15.6. The molecule has 1 aromatic heterocycles. The molecular formula is C54H37N3. The van der Waals surface area contributed by atoms with Crippen LogP contribution >= 0.6 is 0 Å². The molecule has 0 bridgehead atoms. The van der Waals surface area contributed by atoms with E-state index in [0.717, 1.165) is 27.8 Å². The monoisotopic (exact) mass is 727 g/mol. The summed E-state index contributed by atoms with van der Waals surface area (Å²) < 4.78 is 0. The van der Waals surface area contributed by atoms with E-state index in [1.54, 1.807) is 0 Å². The third kappa shape index (κ3) is 5.31. The quantitative estimate of drug-likeness (QED) is 0.131. The third-order valence-electron chi connectivity index (χ3n) is 11.9. The Hall–Kier alpha value is -7.23. The first-order valence-electron chi connectivity index (χ1n) is 19.6. The maximum atomic E-state index is 5.28. The fourth-order valence-corrected chi connectivity index (χ4v) is 9.25. The summed E-state index contributed by atoms with van der Waals surface area (Å²) in [7, 11) is 0. The first kappa shape index (κ1) is 33.1. The maximum Gasteiger partial charge on any atom is 0.164 e. The van der Waals surface area contributed by atoms with Gasteiger partial charge in [-0.3, -0.25) is 0 Å². The summed E-state index contributed by atoms with van der Waals surface area (Å²) in [6.07, 6.45) is 0. The lowest BCUT2D eigenvalue weighted by atomic mass is 9.78.